The van der Waals surface area contributed by atoms with Crippen molar-refractivity contribution >= 4 is 11.7 Å². The monoisotopic (exact) mass is 350 g/mol. The molecule has 3 aromatic rings. The first-order chi connectivity index (χ1) is 12.6. The summed E-state index contributed by atoms with van der Waals surface area (Å²) < 4.78 is 5.73. The van der Waals surface area contributed by atoms with Crippen LogP contribution in [0, 0.1) is 0 Å². The van der Waals surface area contributed by atoms with E-state index in [0.717, 1.165) is 23.6 Å². The van der Waals surface area contributed by atoms with Gasteiger partial charge < -0.3 is 15.0 Å². The predicted molar refractivity (Wildman–Crippen MR) is 101 cm³/mol. The van der Waals surface area contributed by atoms with Gasteiger partial charge in [-0.25, -0.2) is 0 Å². The Morgan fingerprint density at radius 2 is 1.85 bits per heavy atom. The molecule has 0 spiro atoms. The third kappa shape index (κ3) is 4.94. The maximum Gasteiger partial charge on any atom is 0.256 e. The zero-order chi connectivity index (χ0) is 18.4. The van der Waals surface area contributed by atoms with Crippen molar-refractivity contribution in [2.75, 3.05) is 19.4 Å². The highest BCUT2D eigenvalue weighted by atomic mass is 16.5. The molecule has 6 heteroatoms. The summed E-state index contributed by atoms with van der Waals surface area (Å²) in [7, 11) is 3.95. The lowest BCUT2D eigenvalue weighted by Gasteiger charge is -2.07. The second-order valence-corrected chi connectivity index (χ2v) is 6.27. The number of carbonyl (C=O) groups excluding carboxylic acids is 1. The van der Waals surface area contributed by atoms with Gasteiger partial charge in [0.2, 0.25) is 0 Å². The van der Waals surface area contributed by atoms with Gasteiger partial charge in [-0.2, -0.15) is 5.10 Å². The van der Waals surface area contributed by atoms with Crippen LogP contribution >= 0.6 is 0 Å². The fourth-order valence-corrected chi connectivity index (χ4v) is 2.48. The van der Waals surface area contributed by atoms with Crippen molar-refractivity contribution in [3.05, 3.63) is 77.5 Å². The van der Waals surface area contributed by atoms with Crippen LogP contribution in [0.25, 0.3) is 0 Å². The zero-order valence-electron chi connectivity index (χ0n) is 14.9. The van der Waals surface area contributed by atoms with Gasteiger partial charge in [0.25, 0.3) is 5.91 Å². The summed E-state index contributed by atoms with van der Waals surface area (Å²) in [6.07, 6.45) is 0. The first-order valence-corrected chi connectivity index (χ1v) is 8.37. The maximum atomic E-state index is 12.3. The van der Waals surface area contributed by atoms with Crippen molar-refractivity contribution in [2.24, 2.45) is 0 Å². The van der Waals surface area contributed by atoms with E-state index in [1.165, 1.54) is 0 Å². The number of ether oxygens (including phenoxy) is 1. The third-order valence-corrected chi connectivity index (χ3v) is 3.72. The van der Waals surface area contributed by atoms with Gasteiger partial charge in [-0.15, -0.1) is 0 Å². The number of aromatic amines is 1. The number of benzene rings is 2. The molecule has 2 aromatic carbocycles. The number of nitrogens with zero attached hydrogens (tertiary/aromatic N) is 2. The summed E-state index contributed by atoms with van der Waals surface area (Å²) in [4.78, 5) is 14.3. The van der Waals surface area contributed by atoms with Gasteiger partial charge in [0, 0.05) is 18.2 Å². The lowest BCUT2D eigenvalue weighted by atomic mass is 10.2. The Hall–Kier alpha value is -3.12. The molecule has 6 nitrogen and oxygen atoms in total. The zero-order valence-corrected chi connectivity index (χ0v) is 14.9. The topological polar surface area (TPSA) is 70.2 Å². The Morgan fingerprint density at radius 3 is 2.54 bits per heavy atom. The van der Waals surface area contributed by atoms with E-state index >= 15 is 0 Å². The number of anilines is 1. The molecular formula is C20H22N4O2. The minimum Gasteiger partial charge on any atom is -0.489 e. The second kappa shape index (κ2) is 8.31. The highest BCUT2D eigenvalue weighted by molar-refractivity contribution is 6.03. The molecule has 0 aliphatic heterocycles. The van der Waals surface area contributed by atoms with Crippen molar-refractivity contribution in [1.82, 2.24) is 15.1 Å². The van der Waals surface area contributed by atoms with Crippen molar-refractivity contribution < 1.29 is 9.53 Å². The highest BCUT2D eigenvalue weighted by Gasteiger charge is 2.09. The highest BCUT2D eigenvalue weighted by Crippen LogP contribution is 2.15. The summed E-state index contributed by atoms with van der Waals surface area (Å²) in [5, 5.41) is 9.80. The van der Waals surface area contributed by atoms with E-state index < -0.39 is 0 Å². The smallest absolute Gasteiger partial charge is 0.256 e. The first kappa shape index (κ1) is 17.7. The minimum absolute atomic E-state index is 0.206. The fraction of sp³-hybridized carbons (Fsp3) is 0.200. The summed E-state index contributed by atoms with van der Waals surface area (Å²) in [5.74, 6) is 1.03. The molecule has 1 aromatic heterocycles. The summed E-state index contributed by atoms with van der Waals surface area (Å²) in [6.45, 7) is 1.23. The minimum atomic E-state index is -0.206. The van der Waals surface area contributed by atoms with E-state index in [1.54, 1.807) is 24.3 Å². The van der Waals surface area contributed by atoms with Crippen LogP contribution in [0.1, 0.15) is 21.6 Å². The number of carbonyl (C=O) groups is 1. The standard InChI is InChI=1S/C20H22N4O2/c1-24(2)13-17-12-19(23-22-17)21-20(25)16-8-10-18(11-9-16)26-14-15-6-4-3-5-7-15/h3-12H,13-14H2,1-2H3,(H2,21,22,23,25). The van der Waals surface area contributed by atoms with Crippen molar-refractivity contribution in [3.63, 3.8) is 0 Å². The molecule has 0 unspecified atom stereocenters. The third-order valence-electron chi connectivity index (χ3n) is 3.72. The van der Waals surface area contributed by atoms with Crippen molar-refractivity contribution in [3.8, 4) is 5.75 Å². The van der Waals surface area contributed by atoms with Gasteiger partial charge in [0.05, 0.1) is 5.69 Å². The van der Waals surface area contributed by atoms with Gasteiger partial charge in [0.1, 0.15) is 12.4 Å². The van der Waals surface area contributed by atoms with Crippen molar-refractivity contribution in [1.29, 1.82) is 0 Å². The molecule has 134 valence electrons. The molecule has 0 bridgehead atoms. The van der Waals surface area contributed by atoms with Crippen molar-refractivity contribution in [2.45, 2.75) is 13.2 Å². The van der Waals surface area contributed by atoms with E-state index in [2.05, 4.69) is 15.5 Å². The number of rotatable bonds is 7. The average molecular weight is 350 g/mol. The fourth-order valence-electron chi connectivity index (χ4n) is 2.48. The van der Waals surface area contributed by atoms with Gasteiger partial charge in [-0.05, 0) is 43.9 Å². The Labute approximate surface area is 152 Å². The van der Waals surface area contributed by atoms with E-state index in [4.69, 9.17) is 4.74 Å². The lowest BCUT2D eigenvalue weighted by molar-refractivity contribution is 0.102. The van der Waals surface area contributed by atoms with Gasteiger partial charge >= 0.3 is 0 Å². The van der Waals surface area contributed by atoms with Gasteiger partial charge in [-0.3, -0.25) is 9.89 Å². The quantitative estimate of drug-likeness (QED) is 0.686. The molecule has 1 amide bonds. The van der Waals surface area contributed by atoms with Crippen LogP contribution in [-0.2, 0) is 13.2 Å². The van der Waals surface area contributed by atoms with Crippen LogP contribution in [-0.4, -0.2) is 35.1 Å². The molecule has 2 N–H and O–H groups in total. The van der Waals surface area contributed by atoms with Crippen LogP contribution in [0.5, 0.6) is 5.75 Å². The van der Waals surface area contributed by atoms with E-state index in [9.17, 15) is 4.79 Å². The SMILES string of the molecule is CN(C)Cc1cc(NC(=O)c2ccc(OCc3ccccc3)cc2)n[nH]1. The van der Waals surface area contributed by atoms with Crippen LogP contribution in [0.3, 0.4) is 0 Å². The number of hydrogen-bond acceptors (Lipinski definition) is 4. The Kier molecular flexibility index (Phi) is 5.66. The molecule has 26 heavy (non-hydrogen) atoms. The second-order valence-electron chi connectivity index (χ2n) is 6.27. The average Bonchev–Trinajstić information content (AvgIpc) is 3.07. The largest absolute Gasteiger partial charge is 0.489 e. The molecule has 0 saturated heterocycles. The maximum absolute atomic E-state index is 12.3. The molecule has 0 radical (unpaired) electrons. The first-order valence-electron chi connectivity index (χ1n) is 8.37. The molecule has 0 atom stereocenters. The van der Waals surface area contributed by atoms with Crippen LogP contribution in [0.15, 0.2) is 60.7 Å². The summed E-state index contributed by atoms with van der Waals surface area (Å²) >= 11 is 0. The van der Waals surface area contributed by atoms with E-state index in [1.807, 2.05) is 55.4 Å². The molecule has 3 rings (SSSR count). The van der Waals surface area contributed by atoms with E-state index in [0.29, 0.717) is 18.0 Å². The van der Waals surface area contributed by atoms with Crippen LogP contribution in [0.4, 0.5) is 5.82 Å². The Balaban J connectivity index is 1.55. The number of nitrogens with one attached hydrogen (secondary N) is 2. The molecule has 0 aliphatic carbocycles. The molecular weight excluding hydrogens is 328 g/mol. The van der Waals surface area contributed by atoms with E-state index in [-0.39, 0.29) is 5.91 Å². The molecule has 0 aliphatic rings. The number of H-pyrrole nitrogens is 1. The van der Waals surface area contributed by atoms with Crippen LogP contribution < -0.4 is 10.1 Å². The number of amides is 1. The predicted octanol–water partition coefficient (Wildman–Crippen LogP) is 3.30. The lowest BCUT2D eigenvalue weighted by Crippen LogP contribution is -2.12. The Morgan fingerprint density at radius 1 is 1.12 bits per heavy atom. The summed E-state index contributed by atoms with van der Waals surface area (Å²) in [5.41, 5.74) is 2.59. The summed E-state index contributed by atoms with van der Waals surface area (Å²) in [6, 6.07) is 18.8. The number of hydrogen-bond donors (Lipinski definition) is 2. The molecule has 0 saturated carbocycles. The van der Waals surface area contributed by atoms with Crippen LogP contribution in [0.2, 0.25) is 0 Å². The van der Waals surface area contributed by atoms with Gasteiger partial charge in [0.15, 0.2) is 5.82 Å². The van der Waals surface area contributed by atoms with Gasteiger partial charge in [-0.1, -0.05) is 30.3 Å². The number of aromatic nitrogens is 2. The normalized spacial score (nSPS) is 10.7. The molecule has 0 fully saturated rings. The Bertz CT molecular complexity index is 842. The molecule has 1 heterocycles.